The fourth-order valence-corrected chi connectivity index (χ4v) is 4.04. The van der Waals surface area contributed by atoms with Crippen molar-refractivity contribution >= 4 is 21.6 Å². The van der Waals surface area contributed by atoms with Crippen molar-refractivity contribution < 1.29 is 13.2 Å². The average molecular weight is 305 g/mol. The third-order valence-corrected chi connectivity index (χ3v) is 5.50. The van der Waals surface area contributed by atoms with Crippen LogP contribution in [0.15, 0.2) is 23.1 Å². The molecule has 1 heterocycles. The molecule has 1 aliphatic rings. The Hall–Kier alpha value is -0.820. The molecule has 0 spiro atoms. The van der Waals surface area contributed by atoms with Crippen LogP contribution in [0, 0.1) is 5.92 Å². The van der Waals surface area contributed by atoms with E-state index in [1.807, 2.05) is 0 Å². The van der Waals surface area contributed by atoms with Gasteiger partial charge in [-0.3, -0.25) is 0 Å². The Bertz CT molecular complexity index is 562. The van der Waals surface area contributed by atoms with Crippen molar-refractivity contribution in [1.82, 2.24) is 4.31 Å². The van der Waals surface area contributed by atoms with Crippen molar-refractivity contribution in [2.24, 2.45) is 11.7 Å². The van der Waals surface area contributed by atoms with Crippen molar-refractivity contribution in [2.45, 2.75) is 11.3 Å². The number of benzene rings is 1. The van der Waals surface area contributed by atoms with Crippen molar-refractivity contribution in [1.29, 1.82) is 0 Å². The van der Waals surface area contributed by atoms with Gasteiger partial charge in [-0.25, -0.2) is 8.42 Å². The number of hydrogen-bond donors (Lipinski definition) is 1. The Labute approximate surface area is 118 Å². The van der Waals surface area contributed by atoms with Gasteiger partial charge in [0.25, 0.3) is 0 Å². The third kappa shape index (κ3) is 2.86. The van der Waals surface area contributed by atoms with E-state index >= 15 is 0 Å². The molecule has 0 aliphatic carbocycles. The number of sulfonamides is 1. The highest BCUT2D eigenvalue weighted by molar-refractivity contribution is 7.89. The van der Waals surface area contributed by atoms with Crippen LogP contribution in [0.25, 0.3) is 0 Å². The molecule has 1 aromatic carbocycles. The zero-order chi connectivity index (χ0) is 14.0. The molecule has 1 saturated heterocycles. The minimum absolute atomic E-state index is 0.191. The summed E-state index contributed by atoms with van der Waals surface area (Å²) in [7, 11) is -2.00. The van der Waals surface area contributed by atoms with Crippen LogP contribution < -0.4 is 10.5 Å². The zero-order valence-electron chi connectivity index (χ0n) is 10.7. The molecule has 0 radical (unpaired) electrons. The van der Waals surface area contributed by atoms with Gasteiger partial charge in [0, 0.05) is 13.1 Å². The monoisotopic (exact) mass is 304 g/mol. The first-order valence-electron chi connectivity index (χ1n) is 6.02. The van der Waals surface area contributed by atoms with Gasteiger partial charge in [0.05, 0.1) is 17.0 Å². The number of halogens is 1. The molecule has 1 atom stereocenters. The van der Waals surface area contributed by atoms with Gasteiger partial charge in [0.15, 0.2) is 0 Å². The van der Waals surface area contributed by atoms with Gasteiger partial charge in [0.2, 0.25) is 10.0 Å². The Balaban J connectivity index is 2.27. The summed E-state index contributed by atoms with van der Waals surface area (Å²) >= 11 is 5.97. The molecule has 1 unspecified atom stereocenters. The molecule has 0 saturated carbocycles. The lowest BCUT2D eigenvalue weighted by molar-refractivity contribution is 0.414. The zero-order valence-corrected chi connectivity index (χ0v) is 12.2. The van der Waals surface area contributed by atoms with E-state index < -0.39 is 10.0 Å². The summed E-state index contributed by atoms with van der Waals surface area (Å²) in [5.41, 5.74) is 5.58. The van der Waals surface area contributed by atoms with Gasteiger partial charge in [-0.2, -0.15) is 4.31 Å². The first kappa shape index (κ1) is 14.6. The fourth-order valence-electron chi connectivity index (χ4n) is 2.16. The van der Waals surface area contributed by atoms with E-state index in [4.69, 9.17) is 22.1 Å². The van der Waals surface area contributed by atoms with E-state index in [2.05, 4.69) is 0 Å². The predicted octanol–water partition coefficient (Wildman–Crippen LogP) is 1.32. The first-order chi connectivity index (χ1) is 8.98. The minimum Gasteiger partial charge on any atom is -0.495 e. The van der Waals surface area contributed by atoms with Gasteiger partial charge in [-0.1, -0.05) is 11.6 Å². The highest BCUT2D eigenvalue weighted by Gasteiger charge is 2.32. The SMILES string of the molecule is COc1ccc(S(=O)(=O)N2CCC(CN)C2)cc1Cl. The molecule has 2 N–H and O–H groups in total. The van der Waals surface area contributed by atoms with Crippen LogP contribution in [0.1, 0.15) is 6.42 Å². The van der Waals surface area contributed by atoms with E-state index in [1.165, 1.54) is 23.5 Å². The van der Waals surface area contributed by atoms with Gasteiger partial charge < -0.3 is 10.5 Å². The van der Waals surface area contributed by atoms with Gasteiger partial charge >= 0.3 is 0 Å². The maximum Gasteiger partial charge on any atom is 0.243 e. The summed E-state index contributed by atoms with van der Waals surface area (Å²) in [6.45, 7) is 1.49. The second-order valence-corrected chi connectivity index (χ2v) is 6.89. The van der Waals surface area contributed by atoms with E-state index in [9.17, 15) is 8.42 Å². The molecule has 0 amide bonds. The second-order valence-electron chi connectivity index (χ2n) is 4.55. The Kier molecular flexibility index (Phi) is 4.35. The Morgan fingerprint density at radius 1 is 1.53 bits per heavy atom. The van der Waals surface area contributed by atoms with Crippen molar-refractivity contribution in [2.75, 3.05) is 26.7 Å². The molecule has 106 valence electrons. The van der Waals surface area contributed by atoms with Gasteiger partial charge in [-0.15, -0.1) is 0 Å². The lowest BCUT2D eigenvalue weighted by Crippen LogP contribution is -2.30. The van der Waals surface area contributed by atoms with Gasteiger partial charge in [0.1, 0.15) is 5.75 Å². The normalized spacial score (nSPS) is 20.7. The highest BCUT2D eigenvalue weighted by atomic mass is 35.5. The van der Waals surface area contributed by atoms with E-state index in [0.717, 1.165) is 6.42 Å². The van der Waals surface area contributed by atoms with Crippen LogP contribution in [0.4, 0.5) is 0 Å². The molecule has 2 rings (SSSR count). The molecular formula is C12H17ClN2O3S. The largest absolute Gasteiger partial charge is 0.495 e. The highest BCUT2D eigenvalue weighted by Crippen LogP contribution is 2.30. The molecule has 1 aliphatic heterocycles. The van der Waals surface area contributed by atoms with Crippen molar-refractivity contribution in [3.05, 3.63) is 23.2 Å². The molecule has 1 aromatic rings. The van der Waals surface area contributed by atoms with Crippen LogP contribution in [0.5, 0.6) is 5.75 Å². The van der Waals surface area contributed by atoms with E-state index in [0.29, 0.717) is 25.4 Å². The minimum atomic E-state index is -3.49. The predicted molar refractivity (Wildman–Crippen MR) is 73.9 cm³/mol. The van der Waals surface area contributed by atoms with Crippen LogP contribution in [-0.4, -0.2) is 39.5 Å². The first-order valence-corrected chi connectivity index (χ1v) is 7.84. The van der Waals surface area contributed by atoms with E-state index in [-0.39, 0.29) is 15.8 Å². The van der Waals surface area contributed by atoms with Crippen molar-refractivity contribution in [3.8, 4) is 5.75 Å². The molecule has 1 fully saturated rings. The fraction of sp³-hybridized carbons (Fsp3) is 0.500. The van der Waals surface area contributed by atoms with Crippen LogP contribution in [0.3, 0.4) is 0 Å². The number of nitrogens with zero attached hydrogens (tertiary/aromatic N) is 1. The second kappa shape index (κ2) is 5.66. The topological polar surface area (TPSA) is 72.6 Å². The quantitative estimate of drug-likeness (QED) is 0.910. The smallest absolute Gasteiger partial charge is 0.243 e. The number of hydrogen-bond acceptors (Lipinski definition) is 4. The number of nitrogens with two attached hydrogens (primary N) is 1. The Morgan fingerprint density at radius 2 is 2.26 bits per heavy atom. The van der Waals surface area contributed by atoms with Crippen LogP contribution >= 0.6 is 11.6 Å². The van der Waals surface area contributed by atoms with Gasteiger partial charge in [-0.05, 0) is 37.1 Å². The number of methoxy groups -OCH3 is 1. The van der Waals surface area contributed by atoms with Crippen LogP contribution in [0.2, 0.25) is 5.02 Å². The molecule has 0 aromatic heterocycles. The molecule has 7 heteroatoms. The summed E-state index contributed by atoms with van der Waals surface area (Å²) < 4.78 is 31.3. The number of rotatable bonds is 4. The maximum atomic E-state index is 12.4. The molecule has 0 bridgehead atoms. The van der Waals surface area contributed by atoms with Crippen molar-refractivity contribution in [3.63, 3.8) is 0 Å². The number of ether oxygens (including phenoxy) is 1. The molecule has 5 nitrogen and oxygen atoms in total. The standard InChI is InChI=1S/C12H17ClN2O3S/c1-18-12-3-2-10(6-11(12)13)19(16,17)15-5-4-9(7-14)8-15/h2-3,6,9H,4-5,7-8,14H2,1H3. The molecular weight excluding hydrogens is 288 g/mol. The average Bonchev–Trinajstić information content (AvgIpc) is 2.88. The lowest BCUT2D eigenvalue weighted by Gasteiger charge is -2.17. The third-order valence-electron chi connectivity index (χ3n) is 3.34. The van der Waals surface area contributed by atoms with Crippen LogP contribution in [-0.2, 0) is 10.0 Å². The Morgan fingerprint density at radius 3 is 2.79 bits per heavy atom. The molecule has 19 heavy (non-hydrogen) atoms. The summed E-state index contributed by atoms with van der Waals surface area (Å²) in [6, 6.07) is 4.49. The summed E-state index contributed by atoms with van der Waals surface area (Å²) in [4.78, 5) is 0.191. The lowest BCUT2D eigenvalue weighted by atomic mass is 10.1. The maximum absolute atomic E-state index is 12.4. The van der Waals surface area contributed by atoms with E-state index in [1.54, 1.807) is 6.07 Å². The summed E-state index contributed by atoms with van der Waals surface area (Å²) in [5, 5.41) is 0.290. The summed E-state index contributed by atoms with van der Waals surface area (Å²) in [5.74, 6) is 0.699. The summed E-state index contributed by atoms with van der Waals surface area (Å²) in [6.07, 6.45) is 0.805.